The highest BCUT2D eigenvalue weighted by atomic mass is 35.5. The highest BCUT2D eigenvalue weighted by molar-refractivity contribution is 6.31. The molecule has 0 aliphatic carbocycles. The van der Waals surface area contributed by atoms with E-state index in [-0.39, 0.29) is 0 Å². The number of imidazole rings is 1. The number of benzene rings is 2. The first-order valence-electron chi connectivity index (χ1n) is 10.9. The molecule has 0 saturated carbocycles. The van der Waals surface area contributed by atoms with Gasteiger partial charge in [-0.1, -0.05) is 17.7 Å². The molecular formula is C24H22ClN7. The number of piperidine rings is 1. The van der Waals surface area contributed by atoms with Crippen LogP contribution in [-0.2, 0) is 0 Å². The molecule has 0 spiro atoms. The van der Waals surface area contributed by atoms with Crippen LogP contribution in [0.5, 0.6) is 0 Å². The number of aromatic amines is 1. The van der Waals surface area contributed by atoms with E-state index in [1.165, 1.54) is 31.3 Å². The second-order valence-electron chi connectivity index (χ2n) is 8.27. The summed E-state index contributed by atoms with van der Waals surface area (Å²) in [4.78, 5) is 16.5. The van der Waals surface area contributed by atoms with Gasteiger partial charge < -0.3 is 4.90 Å². The molecule has 8 heteroatoms. The summed E-state index contributed by atoms with van der Waals surface area (Å²) in [5, 5.41) is 8.81. The van der Waals surface area contributed by atoms with Crippen molar-refractivity contribution in [1.29, 1.82) is 0 Å². The van der Waals surface area contributed by atoms with Crippen LogP contribution in [0.2, 0.25) is 5.02 Å². The van der Waals surface area contributed by atoms with Gasteiger partial charge in [-0.3, -0.25) is 14.6 Å². The Bertz CT molecular complexity index is 1430. The molecular weight excluding hydrogens is 422 g/mol. The van der Waals surface area contributed by atoms with E-state index in [1.807, 2.05) is 31.3 Å². The summed E-state index contributed by atoms with van der Waals surface area (Å²) >= 11 is 6.14. The lowest BCUT2D eigenvalue weighted by Gasteiger charge is -2.29. The molecule has 6 rings (SSSR count). The van der Waals surface area contributed by atoms with E-state index < -0.39 is 0 Å². The first-order chi connectivity index (χ1) is 15.7. The molecule has 160 valence electrons. The first-order valence-corrected chi connectivity index (χ1v) is 11.2. The zero-order chi connectivity index (χ0) is 21.7. The van der Waals surface area contributed by atoms with Gasteiger partial charge in [-0.2, -0.15) is 5.10 Å². The molecule has 1 aliphatic rings. The van der Waals surface area contributed by atoms with Crippen molar-refractivity contribution in [2.24, 2.45) is 0 Å². The van der Waals surface area contributed by atoms with Gasteiger partial charge in [0, 0.05) is 34.7 Å². The molecule has 3 aromatic heterocycles. The molecule has 2 aromatic carbocycles. The Morgan fingerprint density at radius 3 is 2.66 bits per heavy atom. The number of hydrogen-bond donors (Lipinski definition) is 1. The van der Waals surface area contributed by atoms with Crippen molar-refractivity contribution in [2.75, 3.05) is 18.0 Å². The Labute approximate surface area is 190 Å². The normalized spacial score (nSPS) is 14.5. The highest BCUT2D eigenvalue weighted by Gasteiger charge is 2.20. The smallest absolute Gasteiger partial charge is 0.157 e. The summed E-state index contributed by atoms with van der Waals surface area (Å²) in [6.45, 7) is 4.15. The molecule has 0 bridgehead atoms. The molecule has 4 heterocycles. The zero-order valence-electron chi connectivity index (χ0n) is 17.7. The van der Waals surface area contributed by atoms with Gasteiger partial charge in [-0.25, -0.2) is 9.97 Å². The molecule has 32 heavy (non-hydrogen) atoms. The van der Waals surface area contributed by atoms with Gasteiger partial charge in [0.2, 0.25) is 0 Å². The minimum Gasteiger partial charge on any atom is -0.371 e. The van der Waals surface area contributed by atoms with Crippen molar-refractivity contribution in [1.82, 2.24) is 29.7 Å². The number of halogens is 1. The highest BCUT2D eigenvalue weighted by Crippen LogP contribution is 2.35. The fourth-order valence-corrected chi connectivity index (χ4v) is 4.83. The molecule has 0 amide bonds. The van der Waals surface area contributed by atoms with Crippen molar-refractivity contribution >= 4 is 39.2 Å². The number of nitrogens with one attached hydrogen (secondary N) is 1. The fourth-order valence-electron chi connectivity index (χ4n) is 4.66. The second kappa shape index (κ2) is 7.60. The third-order valence-corrected chi connectivity index (χ3v) is 6.43. The standard InChI is InChI=1S/C24H22ClN7/c1-15-29-23-20(24-27-14-28-30-24)11-18(31-7-3-2-4-8-31)12-22(23)32(15)19-9-16-5-6-17(25)10-21(16)26-13-19/h5-6,9-14H,2-4,7-8H2,1H3,(H,27,28,30). The van der Waals surface area contributed by atoms with E-state index >= 15 is 0 Å². The van der Waals surface area contributed by atoms with Crippen LogP contribution in [0.3, 0.4) is 0 Å². The second-order valence-corrected chi connectivity index (χ2v) is 8.70. The number of aromatic nitrogens is 6. The number of rotatable bonds is 3. The Morgan fingerprint density at radius 1 is 0.969 bits per heavy atom. The number of H-pyrrole nitrogens is 1. The maximum atomic E-state index is 6.14. The monoisotopic (exact) mass is 443 g/mol. The predicted octanol–water partition coefficient (Wildman–Crippen LogP) is 5.31. The van der Waals surface area contributed by atoms with E-state index in [0.717, 1.165) is 57.9 Å². The fraction of sp³-hybridized carbons (Fsp3) is 0.250. The van der Waals surface area contributed by atoms with Crippen LogP contribution in [0.4, 0.5) is 5.69 Å². The number of hydrogen-bond acceptors (Lipinski definition) is 5. The summed E-state index contributed by atoms with van der Waals surface area (Å²) in [6.07, 6.45) is 7.14. The summed E-state index contributed by atoms with van der Waals surface area (Å²) in [6, 6.07) is 12.3. The summed E-state index contributed by atoms with van der Waals surface area (Å²) < 4.78 is 2.17. The zero-order valence-corrected chi connectivity index (χ0v) is 18.5. The van der Waals surface area contributed by atoms with Crippen molar-refractivity contribution in [3.05, 3.63) is 59.8 Å². The van der Waals surface area contributed by atoms with E-state index in [4.69, 9.17) is 16.6 Å². The first kappa shape index (κ1) is 19.3. The van der Waals surface area contributed by atoms with Crippen molar-refractivity contribution in [2.45, 2.75) is 26.2 Å². The van der Waals surface area contributed by atoms with Crippen LogP contribution >= 0.6 is 11.6 Å². The minimum atomic E-state index is 0.685. The van der Waals surface area contributed by atoms with Crippen LogP contribution in [0.25, 0.3) is 39.0 Å². The number of aryl methyl sites for hydroxylation is 1. The average molecular weight is 444 g/mol. The van der Waals surface area contributed by atoms with Gasteiger partial charge in [-0.05, 0) is 56.5 Å². The van der Waals surface area contributed by atoms with Gasteiger partial charge in [0.15, 0.2) is 5.82 Å². The molecule has 1 fully saturated rings. The average Bonchev–Trinajstić information content (AvgIpc) is 3.46. The van der Waals surface area contributed by atoms with Gasteiger partial charge in [-0.15, -0.1) is 0 Å². The summed E-state index contributed by atoms with van der Waals surface area (Å²) in [5.74, 6) is 1.62. The van der Waals surface area contributed by atoms with Gasteiger partial charge in [0.25, 0.3) is 0 Å². The maximum absolute atomic E-state index is 6.14. The van der Waals surface area contributed by atoms with Gasteiger partial charge in [0.05, 0.1) is 22.9 Å². The Hall–Kier alpha value is -3.45. The van der Waals surface area contributed by atoms with Crippen molar-refractivity contribution < 1.29 is 0 Å². The number of nitrogens with zero attached hydrogens (tertiary/aromatic N) is 6. The predicted molar refractivity (Wildman–Crippen MR) is 128 cm³/mol. The van der Waals surface area contributed by atoms with E-state index in [1.54, 1.807) is 0 Å². The quantitative estimate of drug-likeness (QED) is 0.409. The molecule has 0 unspecified atom stereocenters. The van der Waals surface area contributed by atoms with Gasteiger partial charge in [0.1, 0.15) is 17.7 Å². The third-order valence-electron chi connectivity index (χ3n) is 6.19. The van der Waals surface area contributed by atoms with E-state index in [0.29, 0.717) is 5.02 Å². The SMILES string of the molecule is Cc1nc2c(-c3ncn[nH]3)cc(N3CCCCC3)cc2n1-c1cnc2cc(Cl)ccc2c1. The largest absolute Gasteiger partial charge is 0.371 e. The lowest BCUT2D eigenvalue weighted by atomic mass is 10.1. The molecule has 0 radical (unpaired) electrons. The van der Waals surface area contributed by atoms with Crippen LogP contribution in [-0.4, -0.2) is 42.8 Å². The molecule has 7 nitrogen and oxygen atoms in total. The number of anilines is 1. The molecule has 0 atom stereocenters. The van der Waals surface area contributed by atoms with Crippen LogP contribution in [0, 0.1) is 6.92 Å². The summed E-state index contributed by atoms with van der Waals surface area (Å²) in [7, 11) is 0. The van der Waals surface area contributed by atoms with Crippen molar-refractivity contribution in [3.8, 4) is 17.1 Å². The van der Waals surface area contributed by atoms with Crippen molar-refractivity contribution in [3.63, 3.8) is 0 Å². The summed E-state index contributed by atoms with van der Waals surface area (Å²) in [5.41, 5.74) is 5.93. The third kappa shape index (κ3) is 3.20. The number of fused-ring (bicyclic) bond motifs is 2. The Morgan fingerprint density at radius 2 is 1.84 bits per heavy atom. The molecule has 1 aliphatic heterocycles. The van der Waals surface area contributed by atoms with Crippen LogP contribution < -0.4 is 4.90 Å². The lowest BCUT2D eigenvalue weighted by Crippen LogP contribution is -2.29. The Kier molecular flexibility index (Phi) is 4.57. The van der Waals surface area contributed by atoms with E-state index in [2.05, 4.69) is 47.8 Å². The number of pyridine rings is 1. The van der Waals surface area contributed by atoms with Crippen LogP contribution in [0.15, 0.2) is 48.9 Å². The molecule has 1 saturated heterocycles. The molecule has 1 N–H and O–H groups in total. The maximum Gasteiger partial charge on any atom is 0.157 e. The minimum absolute atomic E-state index is 0.685. The lowest BCUT2D eigenvalue weighted by molar-refractivity contribution is 0.578. The Balaban J connectivity index is 1.59. The van der Waals surface area contributed by atoms with Crippen LogP contribution in [0.1, 0.15) is 25.1 Å². The topological polar surface area (TPSA) is 75.5 Å². The van der Waals surface area contributed by atoms with Gasteiger partial charge >= 0.3 is 0 Å². The molecule has 5 aromatic rings. The van der Waals surface area contributed by atoms with E-state index in [9.17, 15) is 0 Å².